The third-order valence-corrected chi connectivity index (χ3v) is 5.23. The number of ether oxygens (including phenoxy) is 1. The van der Waals surface area contributed by atoms with E-state index in [1.165, 1.54) is 11.6 Å². The molecule has 6 heteroatoms. The zero-order chi connectivity index (χ0) is 22.7. The molecule has 4 rings (SSSR count). The third kappa shape index (κ3) is 4.16. The van der Waals surface area contributed by atoms with Gasteiger partial charge in [-0.2, -0.15) is 0 Å². The van der Waals surface area contributed by atoms with Crippen LogP contribution in [0, 0.1) is 6.92 Å². The van der Waals surface area contributed by atoms with E-state index in [9.17, 15) is 14.4 Å². The van der Waals surface area contributed by atoms with Gasteiger partial charge < -0.3 is 14.6 Å². The molecule has 0 atom stereocenters. The lowest BCUT2D eigenvalue weighted by Crippen LogP contribution is -2.28. The maximum Gasteiger partial charge on any atom is 0.356 e. The molecule has 0 saturated carbocycles. The number of carbonyl (C=O) groups excluding carboxylic acids is 2. The second-order valence-corrected chi connectivity index (χ2v) is 7.49. The van der Waals surface area contributed by atoms with Gasteiger partial charge in [0.05, 0.1) is 0 Å². The summed E-state index contributed by atoms with van der Waals surface area (Å²) in [4.78, 5) is 38.3. The van der Waals surface area contributed by atoms with E-state index in [1.807, 2.05) is 49.4 Å². The summed E-state index contributed by atoms with van der Waals surface area (Å²) in [7, 11) is 1.53. The first-order valence-corrected chi connectivity index (χ1v) is 10.2. The number of nitrogens with zero attached hydrogens (tertiary/aromatic N) is 1. The molecule has 0 aliphatic heterocycles. The molecule has 0 aliphatic carbocycles. The van der Waals surface area contributed by atoms with Crippen LogP contribution in [-0.2, 0) is 16.6 Å². The third-order valence-electron chi connectivity index (χ3n) is 5.23. The summed E-state index contributed by atoms with van der Waals surface area (Å²) < 4.78 is 6.61. The molecule has 0 bridgehead atoms. The Hall–Kier alpha value is -4.19. The Morgan fingerprint density at radius 3 is 2.19 bits per heavy atom. The molecule has 0 saturated heterocycles. The molecule has 4 aromatic rings. The quantitative estimate of drug-likeness (QED) is 0.483. The van der Waals surface area contributed by atoms with Crippen molar-refractivity contribution in [2.75, 3.05) is 11.9 Å². The van der Waals surface area contributed by atoms with Crippen LogP contribution in [0.3, 0.4) is 0 Å². The van der Waals surface area contributed by atoms with E-state index in [2.05, 4.69) is 5.32 Å². The number of pyridine rings is 1. The first-order chi connectivity index (χ1) is 15.5. The molecule has 1 aromatic heterocycles. The van der Waals surface area contributed by atoms with Crippen molar-refractivity contribution in [2.24, 2.45) is 7.05 Å². The van der Waals surface area contributed by atoms with Gasteiger partial charge in [-0.3, -0.25) is 9.59 Å². The van der Waals surface area contributed by atoms with Gasteiger partial charge in [0.25, 0.3) is 11.5 Å². The molecule has 0 aliphatic rings. The summed E-state index contributed by atoms with van der Waals surface area (Å²) >= 11 is 0. The van der Waals surface area contributed by atoms with Crippen molar-refractivity contribution in [1.29, 1.82) is 0 Å². The summed E-state index contributed by atoms with van der Waals surface area (Å²) in [5.74, 6) is -1.21. The highest BCUT2D eigenvalue weighted by Crippen LogP contribution is 2.31. The van der Waals surface area contributed by atoms with Crippen molar-refractivity contribution < 1.29 is 14.3 Å². The molecule has 1 amide bonds. The molecule has 1 heterocycles. The molecule has 3 aromatic carbocycles. The number of aryl methyl sites for hydroxylation is 1. The highest BCUT2D eigenvalue weighted by atomic mass is 16.5. The van der Waals surface area contributed by atoms with E-state index in [0.29, 0.717) is 22.0 Å². The Kier molecular flexibility index (Phi) is 5.85. The summed E-state index contributed by atoms with van der Waals surface area (Å²) in [5.41, 5.74) is 2.85. The number of aromatic nitrogens is 1. The smallest absolute Gasteiger partial charge is 0.356 e. The van der Waals surface area contributed by atoms with Crippen molar-refractivity contribution in [1.82, 2.24) is 4.57 Å². The van der Waals surface area contributed by atoms with Crippen molar-refractivity contribution in [2.45, 2.75) is 6.92 Å². The number of benzene rings is 3. The summed E-state index contributed by atoms with van der Waals surface area (Å²) in [6.07, 6.45) is 0. The SMILES string of the molecule is Cc1ccc(-c2c(C(=O)OCC(=O)Nc3ccccc3)n(C)c(=O)c3ccccc23)cc1. The van der Waals surface area contributed by atoms with E-state index in [1.54, 1.807) is 36.4 Å². The van der Waals surface area contributed by atoms with Crippen LogP contribution in [0.5, 0.6) is 0 Å². The predicted molar refractivity (Wildman–Crippen MR) is 125 cm³/mol. The van der Waals surface area contributed by atoms with Crippen LogP contribution in [0.4, 0.5) is 5.69 Å². The molecular formula is C26H22N2O4. The van der Waals surface area contributed by atoms with E-state index in [0.717, 1.165) is 11.1 Å². The number of amides is 1. The van der Waals surface area contributed by atoms with E-state index in [4.69, 9.17) is 4.74 Å². The first kappa shape index (κ1) is 21.1. The molecule has 0 fully saturated rings. The summed E-state index contributed by atoms with van der Waals surface area (Å²) in [5, 5.41) is 3.83. The molecule has 0 spiro atoms. The number of nitrogens with one attached hydrogen (secondary N) is 1. The van der Waals surface area contributed by atoms with Crippen LogP contribution in [-0.4, -0.2) is 23.1 Å². The highest BCUT2D eigenvalue weighted by molar-refractivity contribution is 6.07. The number of rotatable bonds is 5. The Morgan fingerprint density at radius 2 is 1.50 bits per heavy atom. The molecular weight excluding hydrogens is 404 g/mol. The van der Waals surface area contributed by atoms with Gasteiger partial charge in [0, 0.05) is 23.7 Å². The molecule has 32 heavy (non-hydrogen) atoms. The van der Waals surface area contributed by atoms with Crippen LogP contribution >= 0.6 is 0 Å². The molecule has 1 N–H and O–H groups in total. The van der Waals surface area contributed by atoms with Crippen LogP contribution in [0.1, 0.15) is 16.1 Å². The zero-order valence-corrected chi connectivity index (χ0v) is 17.8. The average molecular weight is 426 g/mol. The largest absolute Gasteiger partial charge is 0.451 e. The van der Waals surface area contributed by atoms with Crippen LogP contribution in [0.25, 0.3) is 21.9 Å². The van der Waals surface area contributed by atoms with Gasteiger partial charge in [-0.15, -0.1) is 0 Å². The molecule has 0 unspecified atom stereocenters. The summed E-state index contributed by atoms with van der Waals surface area (Å²) in [6.45, 7) is 1.51. The fourth-order valence-electron chi connectivity index (χ4n) is 3.63. The van der Waals surface area contributed by atoms with Crippen molar-refractivity contribution in [3.8, 4) is 11.1 Å². The predicted octanol–water partition coefficient (Wildman–Crippen LogP) is 4.31. The van der Waals surface area contributed by atoms with E-state index >= 15 is 0 Å². The molecule has 0 radical (unpaired) electrons. The normalized spacial score (nSPS) is 10.7. The van der Waals surface area contributed by atoms with Gasteiger partial charge in [-0.1, -0.05) is 66.2 Å². The van der Waals surface area contributed by atoms with Crippen molar-refractivity contribution in [3.05, 3.63) is 100 Å². The number of carbonyl (C=O) groups is 2. The second-order valence-electron chi connectivity index (χ2n) is 7.49. The minimum atomic E-state index is -0.742. The summed E-state index contributed by atoms with van der Waals surface area (Å²) in [6, 6.07) is 23.7. The molecule has 160 valence electrons. The number of anilines is 1. The number of fused-ring (bicyclic) bond motifs is 1. The zero-order valence-electron chi connectivity index (χ0n) is 17.8. The van der Waals surface area contributed by atoms with Gasteiger partial charge in [-0.05, 0) is 36.1 Å². The lowest BCUT2D eigenvalue weighted by Gasteiger charge is -2.17. The lowest BCUT2D eigenvalue weighted by molar-refractivity contribution is -0.119. The maximum absolute atomic E-state index is 13.1. The highest BCUT2D eigenvalue weighted by Gasteiger charge is 2.23. The van der Waals surface area contributed by atoms with E-state index < -0.39 is 18.5 Å². The topological polar surface area (TPSA) is 77.4 Å². The fourth-order valence-corrected chi connectivity index (χ4v) is 3.63. The molecule has 6 nitrogen and oxygen atoms in total. The number of esters is 1. The minimum absolute atomic E-state index is 0.102. The number of para-hydroxylation sites is 1. The maximum atomic E-state index is 13.1. The van der Waals surface area contributed by atoms with Gasteiger partial charge in [0.15, 0.2) is 6.61 Å². The standard InChI is InChI=1S/C26H22N2O4/c1-17-12-14-18(15-13-17)23-20-10-6-7-11-21(20)25(30)28(2)24(23)26(31)32-16-22(29)27-19-8-4-3-5-9-19/h3-15H,16H2,1-2H3,(H,27,29). The van der Waals surface area contributed by atoms with Gasteiger partial charge in [0.1, 0.15) is 5.69 Å². The van der Waals surface area contributed by atoms with Crippen LogP contribution < -0.4 is 10.9 Å². The second kappa shape index (κ2) is 8.89. The number of hydrogen-bond acceptors (Lipinski definition) is 4. The Bertz CT molecular complexity index is 1360. The Balaban J connectivity index is 1.72. The monoisotopic (exact) mass is 426 g/mol. The van der Waals surface area contributed by atoms with Gasteiger partial charge >= 0.3 is 5.97 Å². The average Bonchev–Trinajstić information content (AvgIpc) is 2.81. The Morgan fingerprint density at radius 1 is 0.875 bits per heavy atom. The van der Waals surface area contributed by atoms with Crippen molar-refractivity contribution in [3.63, 3.8) is 0 Å². The first-order valence-electron chi connectivity index (χ1n) is 10.2. The van der Waals surface area contributed by atoms with Crippen molar-refractivity contribution >= 4 is 28.3 Å². The lowest BCUT2D eigenvalue weighted by atomic mass is 9.96. The van der Waals surface area contributed by atoms with E-state index in [-0.39, 0.29) is 11.3 Å². The van der Waals surface area contributed by atoms with Gasteiger partial charge in [0.2, 0.25) is 0 Å². The van der Waals surface area contributed by atoms with Crippen LogP contribution in [0.15, 0.2) is 83.7 Å². The van der Waals surface area contributed by atoms with Crippen LogP contribution in [0.2, 0.25) is 0 Å². The van der Waals surface area contributed by atoms with Gasteiger partial charge in [-0.25, -0.2) is 4.79 Å². The minimum Gasteiger partial charge on any atom is -0.451 e. The fraction of sp³-hybridized carbons (Fsp3) is 0.115. The number of hydrogen-bond donors (Lipinski definition) is 1. The Labute approximate surface area is 185 Å².